The number of carbonyl (C=O) groups is 2. The quantitative estimate of drug-likeness (QED) is 0.700. The van der Waals surface area contributed by atoms with Gasteiger partial charge in [0.15, 0.2) is 0 Å². The van der Waals surface area contributed by atoms with Gasteiger partial charge in [0.1, 0.15) is 0 Å². The molecule has 1 aliphatic rings. The van der Waals surface area contributed by atoms with Crippen molar-refractivity contribution in [3.05, 3.63) is 60.2 Å². The van der Waals surface area contributed by atoms with Gasteiger partial charge in [-0.25, -0.2) is 0 Å². The monoisotopic (exact) mass is 391 g/mol. The summed E-state index contributed by atoms with van der Waals surface area (Å²) in [7, 11) is 0. The van der Waals surface area contributed by atoms with Gasteiger partial charge in [-0.2, -0.15) is 5.10 Å². The SMILES string of the molecule is CC(C)n1nccc1[C@@H]1NC(=O)CC[C@H]1NC(=O)Cc1cccc2cnccc12. The van der Waals surface area contributed by atoms with Crippen LogP contribution in [0.15, 0.2) is 48.9 Å². The maximum Gasteiger partial charge on any atom is 0.224 e. The van der Waals surface area contributed by atoms with Gasteiger partial charge in [-0.05, 0) is 43.4 Å². The minimum atomic E-state index is -0.290. The lowest BCUT2D eigenvalue weighted by Gasteiger charge is -2.33. The Morgan fingerprint density at radius 2 is 2.14 bits per heavy atom. The van der Waals surface area contributed by atoms with Crippen LogP contribution in [0, 0.1) is 0 Å². The van der Waals surface area contributed by atoms with Gasteiger partial charge in [-0.1, -0.05) is 18.2 Å². The summed E-state index contributed by atoms with van der Waals surface area (Å²) in [6.45, 7) is 4.09. The maximum atomic E-state index is 12.9. The fourth-order valence-electron chi connectivity index (χ4n) is 4.01. The summed E-state index contributed by atoms with van der Waals surface area (Å²) in [6, 6.07) is 9.44. The number of piperidine rings is 1. The van der Waals surface area contributed by atoms with Crippen LogP contribution in [0.2, 0.25) is 0 Å². The highest BCUT2D eigenvalue weighted by Gasteiger charge is 2.33. The lowest BCUT2D eigenvalue weighted by molar-refractivity contribution is -0.127. The van der Waals surface area contributed by atoms with Crippen molar-refractivity contribution >= 4 is 22.6 Å². The van der Waals surface area contributed by atoms with Crippen molar-refractivity contribution in [2.45, 2.75) is 51.2 Å². The van der Waals surface area contributed by atoms with Gasteiger partial charge in [-0.3, -0.25) is 19.3 Å². The summed E-state index contributed by atoms with van der Waals surface area (Å²) in [5, 5.41) is 12.6. The number of hydrogen-bond donors (Lipinski definition) is 2. The second kappa shape index (κ2) is 8.03. The number of benzene rings is 1. The highest BCUT2D eigenvalue weighted by molar-refractivity contribution is 5.90. The fourth-order valence-corrected chi connectivity index (χ4v) is 4.01. The van der Waals surface area contributed by atoms with E-state index in [1.807, 2.05) is 48.9 Å². The molecule has 7 heteroatoms. The van der Waals surface area contributed by atoms with Crippen LogP contribution in [0.25, 0.3) is 10.8 Å². The predicted octanol–water partition coefficient (Wildman–Crippen LogP) is 2.69. The summed E-state index contributed by atoms with van der Waals surface area (Å²) in [6.07, 6.45) is 6.56. The first-order valence-electron chi connectivity index (χ1n) is 9.96. The first-order chi connectivity index (χ1) is 14.0. The second-order valence-corrected chi connectivity index (χ2v) is 7.74. The molecule has 3 heterocycles. The highest BCUT2D eigenvalue weighted by atomic mass is 16.2. The van der Waals surface area contributed by atoms with E-state index in [0.717, 1.165) is 22.0 Å². The van der Waals surface area contributed by atoms with E-state index in [1.165, 1.54) is 0 Å². The molecular weight excluding hydrogens is 366 g/mol. The van der Waals surface area contributed by atoms with Crippen LogP contribution in [0.3, 0.4) is 0 Å². The number of fused-ring (bicyclic) bond motifs is 1. The van der Waals surface area contributed by atoms with Crippen molar-refractivity contribution in [1.82, 2.24) is 25.4 Å². The number of aromatic nitrogens is 3. The van der Waals surface area contributed by atoms with E-state index in [1.54, 1.807) is 18.6 Å². The Hall–Kier alpha value is -3.22. The molecule has 0 unspecified atom stereocenters. The molecule has 7 nitrogen and oxygen atoms in total. The molecule has 1 aliphatic heterocycles. The molecule has 0 spiro atoms. The zero-order valence-corrected chi connectivity index (χ0v) is 16.6. The normalized spacial score (nSPS) is 19.3. The minimum absolute atomic E-state index is 0.00133. The highest BCUT2D eigenvalue weighted by Crippen LogP contribution is 2.26. The number of carbonyl (C=O) groups excluding carboxylic acids is 2. The lowest BCUT2D eigenvalue weighted by Crippen LogP contribution is -2.51. The van der Waals surface area contributed by atoms with E-state index in [4.69, 9.17) is 0 Å². The first kappa shape index (κ1) is 19.1. The average Bonchev–Trinajstić information content (AvgIpc) is 3.20. The van der Waals surface area contributed by atoms with E-state index in [2.05, 4.69) is 20.7 Å². The topological polar surface area (TPSA) is 88.9 Å². The number of amides is 2. The zero-order valence-electron chi connectivity index (χ0n) is 16.6. The van der Waals surface area contributed by atoms with Crippen molar-refractivity contribution in [2.24, 2.45) is 0 Å². The smallest absolute Gasteiger partial charge is 0.224 e. The van der Waals surface area contributed by atoms with Crippen LogP contribution in [0.5, 0.6) is 0 Å². The number of rotatable bonds is 5. The molecule has 0 radical (unpaired) electrons. The third kappa shape index (κ3) is 3.99. The molecule has 1 saturated heterocycles. The number of hydrogen-bond acceptors (Lipinski definition) is 4. The molecule has 3 aromatic rings. The van der Waals surface area contributed by atoms with Gasteiger partial charge in [0, 0.05) is 36.4 Å². The van der Waals surface area contributed by atoms with Crippen LogP contribution < -0.4 is 10.6 Å². The zero-order chi connectivity index (χ0) is 20.4. The number of pyridine rings is 1. The minimum Gasteiger partial charge on any atom is -0.351 e. The lowest BCUT2D eigenvalue weighted by atomic mass is 9.94. The van der Waals surface area contributed by atoms with E-state index < -0.39 is 0 Å². The van der Waals surface area contributed by atoms with E-state index in [9.17, 15) is 9.59 Å². The van der Waals surface area contributed by atoms with Gasteiger partial charge in [-0.15, -0.1) is 0 Å². The van der Waals surface area contributed by atoms with Crippen molar-refractivity contribution < 1.29 is 9.59 Å². The van der Waals surface area contributed by atoms with E-state index >= 15 is 0 Å². The Labute approximate surface area is 169 Å². The molecule has 0 bridgehead atoms. The molecule has 2 aromatic heterocycles. The van der Waals surface area contributed by atoms with Crippen LogP contribution in [-0.4, -0.2) is 32.6 Å². The summed E-state index contributed by atoms with van der Waals surface area (Å²) in [5.74, 6) is -0.0605. The summed E-state index contributed by atoms with van der Waals surface area (Å²) >= 11 is 0. The maximum absolute atomic E-state index is 12.9. The Balaban J connectivity index is 1.54. The summed E-state index contributed by atoms with van der Waals surface area (Å²) in [5.41, 5.74) is 1.88. The van der Waals surface area contributed by atoms with Crippen molar-refractivity contribution in [2.75, 3.05) is 0 Å². The molecule has 150 valence electrons. The number of nitrogens with zero attached hydrogens (tertiary/aromatic N) is 3. The predicted molar refractivity (Wildman–Crippen MR) is 110 cm³/mol. The average molecular weight is 391 g/mol. The largest absolute Gasteiger partial charge is 0.351 e. The molecule has 2 atom stereocenters. The van der Waals surface area contributed by atoms with Gasteiger partial charge < -0.3 is 10.6 Å². The molecule has 0 saturated carbocycles. The molecule has 2 N–H and O–H groups in total. The van der Waals surface area contributed by atoms with Crippen molar-refractivity contribution in [1.29, 1.82) is 0 Å². The Kier molecular flexibility index (Phi) is 5.29. The Morgan fingerprint density at radius 1 is 1.28 bits per heavy atom. The van der Waals surface area contributed by atoms with Gasteiger partial charge in [0.2, 0.25) is 11.8 Å². The standard InChI is InChI=1S/C22H25N5O2/c1-14(2)27-19(9-11-24-27)22-18(6-7-20(28)26-22)25-21(29)12-15-4-3-5-16-13-23-10-8-17(15)16/h3-5,8-11,13-14,18,22H,6-7,12H2,1-2H3,(H,25,29)(H,26,28)/t18-,22-/m1/s1. The molecule has 29 heavy (non-hydrogen) atoms. The third-order valence-electron chi connectivity index (χ3n) is 5.38. The molecule has 4 rings (SSSR count). The van der Waals surface area contributed by atoms with Gasteiger partial charge in [0.25, 0.3) is 0 Å². The molecular formula is C22H25N5O2. The Bertz CT molecular complexity index is 1040. The van der Waals surface area contributed by atoms with Gasteiger partial charge in [0.05, 0.1) is 24.2 Å². The van der Waals surface area contributed by atoms with Crippen LogP contribution >= 0.6 is 0 Å². The molecule has 1 aromatic carbocycles. The second-order valence-electron chi connectivity index (χ2n) is 7.74. The molecule has 0 aliphatic carbocycles. The third-order valence-corrected chi connectivity index (χ3v) is 5.38. The fraction of sp³-hybridized carbons (Fsp3) is 0.364. The Morgan fingerprint density at radius 3 is 2.97 bits per heavy atom. The van der Waals surface area contributed by atoms with Crippen molar-refractivity contribution in [3.63, 3.8) is 0 Å². The summed E-state index contributed by atoms with van der Waals surface area (Å²) < 4.78 is 1.90. The van der Waals surface area contributed by atoms with Crippen LogP contribution in [0.4, 0.5) is 0 Å². The van der Waals surface area contributed by atoms with E-state index in [0.29, 0.717) is 12.8 Å². The van der Waals surface area contributed by atoms with E-state index in [-0.39, 0.29) is 36.4 Å². The number of nitrogens with one attached hydrogen (secondary N) is 2. The van der Waals surface area contributed by atoms with Crippen LogP contribution in [-0.2, 0) is 16.0 Å². The van der Waals surface area contributed by atoms with Crippen molar-refractivity contribution in [3.8, 4) is 0 Å². The molecule has 1 fully saturated rings. The molecule has 2 amide bonds. The van der Waals surface area contributed by atoms with Gasteiger partial charge >= 0.3 is 0 Å². The first-order valence-corrected chi connectivity index (χ1v) is 9.96. The summed E-state index contributed by atoms with van der Waals surface area (Å²) in [4.78, 5) is 29.1. The van der Waals surface area contributed by atoms with Crippen LogP contribution in [0.1, 0.15) is 50.0 Å².